The van der Waals surface area contributed by atoms with E-state index < -0.39 is 0 Å². The van der Waals surface area contributed by atoms with Crippen molar-refractivity contribution < 1.29 is 9.53 Å². The number of amides is 2. The largest absolute Gasteiger partial charge is 0.497 e. The molecule has 0 saturated heterocycles. The third-order valence-electron chi connectivity index (χ3n) is 4.37. The second-order valence-electron chi connectivity index (χ2n) is 6.49. The fourth-order valence-electron chi connectivity index (χ4n) is 2.83. The minimum Gasteiger partial charge on any atom is -0.497 e. The molecule has 1 heterocycles. The summed E-state index contributed by atoms with van der Waals surface area (Å²) >= 11 is 1.41. The molecule has 2 N–H and O–H groups in total. The van der Waals surface area contributed by atoms with Crippen LogP contribution < -0.4 is 15.4 Å². The third kappa shape index (κ3) is 5.09. The van der Waals surface area contributed by atoms with Crippen molar-refractivity contribution in [2.45, 2.75) is 6.04 Å². The Morgan fingerprint density at radius 3 is 2.50 bits per heavy atom. The molecule has 0 radical (unpaired) electrons. The molecule has 0 saturated carbocycles. The van der Waals surface area contributed by atoms with Crippen molar-refractivity contribution in [2.75, 3.05) is 33.1 Å². The molecule has 7 heteroatoms. The van der Waals surface area contributed by atoms with Crippen LogP contribution in [0.1, 0.15) is 11.6 Å². The van der Waals surface area contributed by atoms with E-state index in [1.807, 2.05) is 74.1 Å². The Labute approximate surface area is 169 Å². The molecular formula is C21H24N4O2S. The highest BCUT2D eigenvalue weighted by molar-refractivity contribution is 7.14. The molecule has 0 spiro atoms. The Kier molecular flexibility index (Phi) is 6.62. The maximum Gasteiger partial charge on any atom is 0.321 e. The monoisotopic (exact) mass is 396 g/mol. The highest BCUT2D eigenvalue weighted by atomic mass is 32.1. The van der Waals surface area contributed by atoms with Gasteiger partial charge in [-0.2, -0.15) is 0 Å². The lowest BCUT2D eigenvalue weighted by atomic mass is 10.1. The van der Waals surface area contributed by atoms with Gasteiger partial charge in [0, 0.05) is 17.5 Å². The first kappa shape index (κ1) is 19.9. The molecule has 1 atom stereocenters. The van der Waals surface area contributed by atoms with Crippen LogP contribution in [0.3, 0.4) is 0 Å². The van der Waals surface area contributed by atoms with Gasteiger partial charge in [-0.15, -0.1) is 11.3 Å². The van der Waals surface area contributed by atoms with E-state index in [9.17, 15) is 4.79 Å². The lowest BCUT2D eigenvalue weighted by Gasteiger charge is -2.25. The van der Waals surface area contributed by atoms with E-state index in [1.165, 1.54) is 11.3 Å². The number of carbonyl (C=O) groups excluding carboxylic acids is 1. The van der Waals surface area contributed by atoms with Gasteiger partial charge in [-0.1, -0.05) is 42.5 Å². The van der Waals surface area contributed by atoms with E-state index in [0.29, 0.717) is 11.7 Å². The van der Waals surface area contributed by atoms with Gasteiger partial charge in [-0.3, -0.25) is 5.32 Å². The highest BCUT2D eigenvalue weighted by Crippen LogP contribution is 2.25. The number of urea groups is 1. The zero-order valence-corrected chi connectivity index (χ0v) is 17.0. The van der Waals surface area contributed by atoms with Crippen molar-refractivity contribution in [2.24, 2.45) is 0 Å². The van der Waals surface area contributed by atoms with Crippen molar-refractivity contribution in [3.8, 4) is 17.0 Å². The average molecular weight is 397 g/mol. The van der Waals surface area contributed by atoms with Gasteiger partial charge in [0.25, 0.3) is 0 Å². The topological polar surface area (TPSA) is 66.5 Å². The third-order valence-corrected chi connectivity index (χ3v) is 5.13. The number of thiazole rings is 1. The molecule has 1 unspecified atom stereocenters. The molecule has 2 aromatic carbocycles. The predicted molar refractivity (Wildman–Crippen MR) is 114 cm³/mol. The van der Waals surface area contributed by atoms with E-state index in [4.69, 9.17) is 4.74 Å². The summed E-state index contributed by atoms with van der Waals surface area (Å²) in [6.07, 6.45) is 0. The number of nitrogens with one attached hydrogen (secondary N) is 2. The molecule has 2 amide bonds. The average Bonchev–Trinajstić information content (AvgIpc) is 3.17. The van der Waals surface area contributed by atoms with Crippen LogP contribution >= 0.6 is 11.3 Å². The molecule has 1 aromatic heterocycles. The van der Waals surface area contributed by atoms with E-state index in [2.05, 4.69) is 20.5 Å². The minimum absolute atomic E-state index is 0.0489. The number of carbonyl (C=O) groups is 1. The molecule has 0 aliphatic heterocycles. The van der Waals surface area contributed by atoms with E-state index >= 15 is 0 Å². The molecule has 6 nitrogen and oxygen atoms in total. The number of hydrogen-bond donors (Lipinski definition) is 2. The smallest absolute Gasteiger partial charge is 0.321 e. The molecule has 28 heavy (non-hydrogen) atoms. The number of likely N-dealkylation sites (N-methyl/N-ethyl adjacent to an activating group) is 1. The maximum absolute atomic E-state index is 12.3. The first-order valence-corrected chi connectivity index (χ1v) is 9.81. The Bertz CT molecular complexity index is 894. The summed E-state index contributed by atoms with van der Waals surface area (Å²) in [5, 5.41) is 8.25. The van der Waals surface area contributed by atoms with Gasteiger partial charge < -0.3 is 15.0 Å². The predicted octanol–water partition coefficient (Wildman–Crippen LogP) is 4.24. The lowest BCUT2D eigenvalue weighted by molar-refractivity contribution is 0.243. The number of methoxy groups -OCH3 is 1. The van der Waals surface area contributed by atoms with Crippen LogP contribution in [0, 0.1) is 0 Å². The summed E-state index contributed by atoms with van der Waals surface area (Å²) in [7, 11) is 5.62. The van der Waals surface area contributed by atoms with E-state index in [1.54, 1.807) is 7.11 Å². The van der Waals surface area contributed by atoms with Gasteiger partial charge in [0.1, 0.15) is 5.75 Å². The van der Waals surface area contributed by atoms with Gasteiger partial charge in [-0.25, -0.2) is 9.78 Å². The molecule has 146 valence electrons. The number of ether oxygens (including phenoxy) is 1. The zero-order valence-electron chi connectivity index (χ0n) is 16.2. The second kappa shape index (κ2) is 9.34. The number of benzene rings is 2. The molecular weight excluding hydrogens is 372 g/mol. The molecule has 0 aliphatic rings. The highest BCUT2D eigenvalue weighted by Gasteiger charge is 2.16. The van der Waals surface area contributed by atoms with Crippen LogP contribution in [0.15, 0.2) is 60.0 Å². The Balaban J connectivity index is 1.58. The van der Waals surface area contributed by atoms with Crippen molar-refractivity contribution >= 4 is 22.5 Å². The standard InChI is InChI=1S/C21H24N4O2S/c1-25(2)19(16-9-11-17(27-3)12-10-16)13-22-20(26)24-21-23-18(14-28-21)15-7-5-4-6-8-15/h4-12,14,19H,13H2,1-3H3,(H2,22,23,24,26). The van der Waals surface area contributed by atoms with Crippen molar-refractivity contribution in [1.29, 1.82) is 0 Å². The quantitative estimate of drug-likeness (QED) is 0.627. The molecule has 3 aromatic rings. The van der Waals surface area contributed by atoms with Crippen LogP contribution in [0.4, 0.5) is 9.93 Å². The van der Waals surface area contributed by atoms with Crippen molar-refractivity contribution in [3.63, 3.8) is 0 Å². The number of nitrogens with zero attached hydrogens (tertiary/aromatic N) is 2. The SMILES string of the molecule is COc1ccc(C(CNC(=O)Nc2nc(-c3ccccc3)cs2)N(C)C)cc1. The van der Waals surface area contributed by atoms with Crippen LogP contribution in [0.25, 0.3) is 11.3 Å². The van der Waals surface area contributed by atoms with Crippen LogP contribution in [-0.2, 0) is 0 Å². The maximum atomic E-state index is 12.3. The van der Waals surface area contributed by atoms with Crippen molar-refractivity contribution in [1.82, 2.24) is 15.2 Å². The fraction of sp³-hybridized carbons (Fsp3) is 0.238. The lowest BCUT2D eigenvalue weighted by Crippen LogP contribution is -2.36. The summed E-state index contributed by atoms with van der Waals surface area (Å²) in [5.41, 5.74) is 2.98. The van der Waals surface area contributed by atoms with Crippen LogP contribution in [-0.4, -0.2) is 43.7 Å². The number of hydrogen-bond acceptors (Lipinski definition) is 5. The minimum atomic E-state index is -0.269. The summed E-state index contributed by atoms with van der Waals surface area (Å²) < 4.78 is 5.21. The summed E-state index contributed by atoms with van der Waals surface area (Å²) in [4.78, 5) is 18.9. The molecule has 0 aliphatic carbocycles. The summed E-state index contributed by atoms with van der Waals surface area (Å²) in [6, 6.07) is 17.5. The fourth-order valence-corrected chi connectivity index (χ4v) is 3.54. The Morgan fingerprint density at radius 1 is 1.14 bits per heavy atom. The first-order valence-electron chi connectivity index (χ1n) is 8.93. The Hall–Kier alpha value is -2.90. The number of aromatic nitrogens is 1. The van der Waals surface area contributed by atoms with E-state index in [-0.39, 0.29) is 12.1 Å². The van der Waals surface area contributed by atoms with Crippen LogP contribution in [0.5, 0.6) is 5.75 Å². The summed E-state index contributed by atoms with van der Waals surface area (Å²) in [5.74, 6) is 0.810. The van der Waals surface area contributed by atoms with Crippen LogP contribution in [0.2, 0.25) is 0 Å². The van der Waals surface area contributed by atoms with Gasteiger partial charge in [0.15, 0.2) is 5.13 Å². The summed E-state index contributed by atoms with van der Waals surface area (Å²) in [6.45, 7) is 0.474. The van der Waals surface area contributed by atoms with Gasteiger partial charge in [0.05, 0.1) is 18.8 Å². The number of rotatable bonds is 7. The van der Waals surface area contributed by atoms with E-state index in [0.717, 1.165) is 22.6 Å². The first-order chi connectivity index (χ1) is 13.6. The normalized spacial score (nSPS) is 11.9. The number of anilines is 1. The zero-order chi connectivity index (χ0) is 19.9. The van der Waals surface area contributed by atoms with Crippen molar-refractivity contribution in [3.05, 3.63) is 65.5 Å². The van der Waals surface area contributed by atoms with Gasteiger partial charge in [-0.05, 0) is 31.8 Å². The van der Waals surface area contributed by atoms with Gasteiger partial charge in [0.2, 0.25) is 0 Å². The molecule has 0 bridgehead atoms. The van der Waals surface area contributed by atoms with Gasteiger partial charge >= 0.3 is 6.03 Å². The Morgan fingerprint density at radius 2 is 1.86 bits per heavy atom. The molecule has 3 rings (SSSR count). The molecule has 0 fully saturated rings. The second-order valence-corrected chi connectivity index (χ2v) is 7.35.